The molecule has 3 aromatic rings. The molecule has 0 atom stereocenters. The van der Waals surface area contributed by atoms with E-state index in [-0.39, 0.29) is 5.56 Å². The number of carboxylic acid groups (broad SMARTS) is 1. The van der Waals surface area contributed by atoms with Crippen molar-refractivity contribution < 1.29 is 14.3 Å². The molecule has 96 valence electrons. The Morgan fingerprint density at radius 1 is 1.47 bits per heavy atom. The second-order valence-electron chi connectivity index (χ2n) is 4.03. The molecule has 0 saturated carbocycles. The maximum atomic E-state index is 10.9. The normalized spacial score (nSPS) is 10.8. The highest BCUT2D eigenvalue weighted by Gasteiger charge is 2.10. The number of anilines is 2. The lowest BCUT2D eigenvalue weighted by Crippen LogP contribution is -1.94. The third-order valence-corrected chi connectivity index (χ3v) is 2.59. The maximum absolute atomic E-state index is 10.9. The highest BCUT2D eigenvalue weighted by molar-refractivity contribution is 5.92. The number of aromatic carboxylic acids is 1. The molecular formula is C12H10N4O3. The van der Waals surface area contributed by atoms with Crippen molar-refractivity contribution in [3.63, 3.8) is 0 Å². The van der Waals surface area contributed by atoms with Crippen molar-refractivity contribution in [2.75, 3.05) is 5.32 Å². The van der Waals surface area contributed by atoms with E-state index in [0.717, 1.165) is 5.69 Å². The number of rotatable bonds is 3. The smallest absolute Gasteiger partial charge is 0.335 e. The molecule has 0 bridgehead atoms. The van der Waals surface area contributed by atoms with Crippen LogP contribution < -0.4 is 5.32 Å². The van der Waals surface area contributed by atoms with E-state index in [4.69, 9.17) is 9.52 Å². The van der Waals surface area contributed by atoms with Gasteiger partial charge < -0.3 is 14.8 Å². The molecule has 19 heavy (non-hydrogen) atoms. The summed E-state index contributed by atoms with van der Waals surface area (Å²) in [6.07, 6.45) is 3.41. The van der Waals surface area contributed by atoms with Gasteiger partial charge in [-0.1, -0.05) is 0 Å². The van der Waals surface area contributed by atoms with Gasteiger partial charge in [0.25, 0.3) is 6.01 Å². The van der Waals surface area contributed by atoms with Crippen LogP contribution in [0.4, 0.5) is 11.7 Å². The Labute approximate surface area is 107 Å². The lowest BCUT2D eigenvalue weighted by Gasteiger charge is -1.94. The Bertz CT molecular complexity index is 759. The van der Waals surface area contributed by atoms with E-state index in [2.05, 4.69) is 15.4 Å². The van der Waals surface area contributed by atoms with Crippen molar-refractivity contribution in [2.45, 2.75) is 0 Å². The van der Waals surface area contributed by atoms with Gasteiger partial charge in [-0.2, -0.15) is 10.1 Å². The zero-order valence-corrected chi connectivity index (χ0v) is 9.99. The Hall–Kier alpha value is -2.83. The van der Waals surface area contributed by atoms with Crippen LogP contribution in [0.3, 0.4) is 0 Å². The van der Waals surface area contributed by atoms with E-state index in [1.165, 1.54) is 12.1 Å². The molecule has 2 aromatic heterocycles. The Morgan fingerprint density at radius 2 is 2.32 bits per heavy atom. The SMILES string of the molecule is Cn1cc(Nc2nc3ccc(C(=O)O)cc3o2)cn1. The van der Waals surface area contributed by atoms with Gasteiger partial charge in [0.1, 0.15) is 5.52 Å². The van der Waals surface area contributed by atoms with Crippen LogP contribution in [0.15, 0.2) is 35.0 Å². The number of benzene rings is 1. The van der Waals surface area contributed by atoms with Crippen LogP contribution in [0.2, 0.25) is 0 Å². The predicted octanol–water partition coefficient (Wildman–Crippen LogP) is 2.00. The summed E-state index contributed by atoms with van der Waals surface area (Å²) >= 11 is 0. The number of hydrogen-bond acceptors (Lipinski definition) is 5. The molecule has 0 fully saturated rings. The van der Waals surface area contributed by atoms with Gasteiger partial charge in [0.05, 0.1) is 17.4 Å². The fraction of sp³-hybridized carbons (Fsp3) is 0.0833. The summed E-state index contributed by atoms with van der Waals surface area (Å²) in [6, 6.07) is 4.84. The molecule has 0 aliphatic heterocycles. The molecule has 0 amide bonds. The highest BCUT2D eigenvalue weighted by atomic mass is 16.4. The van der Waals surface area contributed by atoms with Crippen LogP contribution in [-0.2, 0) is 7.05 Å². The van der Waals surface area contributed by atoms with Gasteiger partial charge in [0.2, 0.25) is 0 Å². The third kappa shape index (κ3) is 2.13. The summed E-state index contributed by atoms with van der Waals surface area (Å²) < 4.78 is 7.10. The van der Waals surface area contributed by atoms with Crippen LogP contribution in [0.25, 0.3) is 11.1 Å². The van der Waals surface area contributed by atoms with Crippen molar-refractivity contribution in [1.82, 2.24) is 14.8 Å². The zero-order chi connectivity index (χ0) is 13.4. The number of nitrogens with zero attached hydrogens (tertiary/aromatic N) is 3. The number of aryl methyl sites for hydroxylation is 1. The Balaban J connectivity index is 1.95. The summed E-state index contributed by atoms with van der Waals surface area (Å²) in [4.78, 5) is 15.1. The van der Waals surface area contributed by atoms with Gasteiger partial charge in [-0.3, -0.25) is 4.68 Å². The third-order valence-electron chi connectivity index (χ3n) is 2.59. The lowest BCUT2D eigenvalue weighted by atomic mass is 10.2. The van der Waals surface area contributed by atoms with Crippen molar-refractivity contribution in [2.24, 2.45) is 7.05 Å². The van der Waals surface area contributed by atoms with Crippen LogP contribution in [0, 0.1) is 0 Å². The molecule has 0 radical (unpaired) electrons. The second kappa shape index (κ2) is 4.13. The van der Waals surface area contributed by atoms with E-state index in [1.54, 1.807) is 30.2 Å². The number of carboxylic acids is 1. The molecule has 2 heterocycles. The number of aromatic nitrogens is 3. The number of fused-ring (bicyclic) bond motifs is 1. The van der Waals surface area contributed by atoms with E-state index in [0.29, 0.717) is 17.1 Å². The number of oxazole rings is 1. The molecule has 1 aromatic carbocycles. The van der Waals surface area contributed by atoms with Gasteiger partial charge in [0.15, 0.2) is 5.58 Å². The number of nitrogens with one attached hydrogen (secondary N) is 1. The maximum Gasteiger partial charge on any atom is 0.335 e. The topological polar surface area (TPSA) is 93.2 Å². The summed E-state index contributed by atoms with van der Waals surface area (Å²) in [6.45, 7) is 0. The molecule has 2 N–H and O–H groups in total. The standard InChI is InChI=1S/C12H10N4O3/c1-16-6-8(5-13-16)14-12-15-9-3-2-7(11(17)18)4-10(9)19-12/h2-6H,1H3,(H,14,15)(H,17,18). The fourth-order valence-corrected chi connectivity index (χ4v) is 1.72. The minimum Gasteiger partial charge on any atom is -0.478 e. The van der Waals surface area contributed by atoms with Gasteiger partial charge >= 0.3 is 5.97 Å². The minimum absolute atomic E-state index is 0.163. The average Bonchev–Trinajstić information content (AvgIpc) is 2.94. The molecular weight excluding hydrogens is 248 g/mol. The molecule has 0 unspecified atom stereocenters. The highest BCUT2D eigenvalue weighted by Crippen LogP contribution is 2.22. The quantitative estimate of drug-likeness (QED) is 0.746. The van der Waals surface area contributed by atoms with Gasteiger partial charge in [-0.05, 0) is 18.2 Å². The van der Waals surface area contributed by atoms with Crippen LogP contribution in [0.5, 0.6) is 0 Å². The largest absolute Gasteiger partial charge is 0.478 e. The lowest BCUT2D eigenvalue weighted by molar-refractivity contribution is 0.0697. The van der Waals surface area contributed by atoms with Crippen molar-refractivity contribution in [3.05, 3.63) is 36.2 Å². The van der Waals surface area contributed by atoms with E-state index in [9.17, 15) is 4.79 Å². The van der Waals surface area contributed by atoms with Crippen LogP contribution in [-0.4, -0.2) is 25.8 Å². The van der Waals surface area contributed by atoms with Crippen molar-refractivity contribution in [1.29, 1.82) is 0 Å². The van der Waals surface area contributed by atoms with Crippen LogP contribution in [0.1, 0.15) is 10.4 Å². The van der Waals surface area contributed by atoms with Gasteiger partial charge in [-0.25, -0.2) is 4.79 Å². The second-order valence-corrected chi connectivity index (χ2v) is 4.03. The molecule has 7 nitrogen and oxygen atoms in total. The molecule has 0 saturated heterocycles. The number of carbonyl (C=O) groups is 1. The van der Waals surface area contributed by atoms with Gasteiger partial charge in [0, 0.05) is 13.2 Å². The van der Waals surface area contributed by atoms with Crippen LogP contribution >= 0.6 is 0 Å². The average molecular weight is 258 g/mol. The number of hydrogen-bond donors (Lipinski definition) is 2. The van der Waals surface area contributed by atoms with E-state index < -0.39 is 5.97 Å². The summed E-state index contributed by atoms with van der Waals surface area (Å²) in [5.74, 6) is -1.000. The van der Waals surface area contributed by atoms with Crippen molar-refractivity contribution in [3.8, 4) is 0 Å². The summed E-state index contributed by atoms with van der Waals surface area (Å²) in [5.41, 5.74) is 1.92. The van der Waals surface area contributed by atoms with Gasteiger partial charge in [-0.15, -0.1) is 0 Å². The van der Waals surface area contributed by atoms with E-state index in [1.807, 2.05) is 0 Å². The first kappa shape index (κ1) is 11.3. The van der Waals surface area contributed by atoms with E-state index >= 15 is 0 Å². The summed E-state index contributed by atoms with van der Waals surface area (Å²) in [7, 11) is 1.80. The first-order valence-corrected chi connectivity index (χ1v) is 5.51. The Morgan fingerprint density at radius 3 is 3.00 bits per heavy atom. The Kier molecular flexibility index (Phi) is 2.45. The summed E-state index contributed by atoms with van der Waals surface area (Å²) in [5, 5.41) is 15.9. The molecule has 0 aliphatic carbocycles. The van der Waals surface area contributed by atoms with Crippen molar-refractivity contribution >= 4 is 28.8 Å². The monoisotopic (exact) mass is 258 g/mol. The predicted molar refractivity (Wildman–Crippen MR) is 67.5 cm³/mol. The molecule has 0 aliphatic rings. The zero-order valence-electron chi connectivity index (χ0n) is 9.99. The molecule has 0 spiro atoms. The first-order valence-electron chi connectivity index (χ1n) is 5.51. The minimum atomic E-state index is -1.000. The first-order chi connectivity index (χ1) is 9.11. The molecule has 3 rings (SSSR count). The fourth-order valence-electron chi connectivity index (χ4n) is 1.72. The molecule has 7 heteroatoms.